The van der Waals surface area contributed by atoms with Gasteiger partial charge in [-0.2, -0.15) is 0 Å². The number of likely N-dealkylation sites (tertiary alicyclic amines) is 1. The van der Waals surface area contributed by atoms with Crippen LogP contribution in [0.1, 0.15) is 29.6 Å². The maximum Gasteiger partial charge on any atom is 0.255 e. The number of hydrogen-bond donors (Lipinski definition) is 2. The fourth-order valence-corrected chi connectivity index (χ4v) is 3.41. The third-order valence-corrected chi connectivity index (χ3v) is 5.07. The molecule has 4 rings (SSSR count). The molecule has 0 bridgehead atoms. The number of hydrogen-bond acceptors (Lipinski definition) is 4. The minimum atomic E-state index is -0.175. The van der Waals surface area contributed by atoms with Gasteiger partial charge in [0.15, 0.2) is 0 Å². The highest BCUT2D eigenvalue weighted by molar-refractivity contribution is 6.05. The Morgan fingerprint density at radius 1 is 1.07 bits per heavy atom. The van der Waals surface area contributed by atoms with E-state index >= 15 is 0 Å². The molecule has 1 unspecified atom stereocenters. The second-order valence-electron chi connectivity index (χ2n) is 7.30. The van der Waals surface area contributed by atoms with Gasteiger partial charge in [0.1, 0.15) is 11.9 Å². The number of anilines is 2. The van der Waals surface area contributed by atoms with Crippen molar-refractivity contribution < 1.29 is 9.53 Å². The Hall–Kier alpha value is -1.95. The number of ether oxygens (including phenoxy) is 1. The number of nitrogens with two attached hydrogens (primary N) is 1. The molecule has 1 heterocycles. The molecule has 0 radical (unpaired) electrons. The van der Waals surface area contributed by atoms with E-state index in [1.807, 2.05) is 24.3 Å². The molecule has 1 saturated heterocycles. The monoisotopic (exact) mass is 423 g/mol. The maximum absolute atomic E-state index is 12.4. The summed E-state index contributed by atoms with van der Waals surface area (Å²) in [6.45, 7) is 3.35. The second kappa shape index (κ2) is 10.0. The summed E-state index contributed by atoms with van der Waals surface area (Å²) in [6.07, 6.45) is 4.10. The van der Waals surface area contributed by atoms with Gasteiger partial charge in [0.25, 0.3) is 5.91 Å². The zero-order valence-electron chi connectivity index (χ0n) is 15.7. The molecule has 1 atom stereocenters. The van der Waals surface area contributed by atoms with Crippen LogP contribution in [0, 0.1) is 5.92 Å². The van der Waals surface area contributed by atoms with Crippen LogP contribution in [-0.4, -0.2) is 36.5 Å². The largest absolute Gasteiger partial charge is 0.489 e. The first-order chi connectivity index (χ1) is 12.7. The van der Waals surface area contributed by atoms with Crippen LogP contribution in [-0.2, 0) is 0 Å². The molecule has 1 amide bonds. The summed E-state index contributed by atoms with van der Waals surface area (Å²) in [4.78, 5) is 14.9. The molecule has 152 valence electrons. The fraction of sp³-hybridized carbons (Fsp3) is 0.381. The number of nitrogens with one attached hydrogen (secondary N) is 1. The van der Waals surface area contributed by atoms with Crippen LogP contribution in [0.4, 0.5) is 11.4 Å². The van der Waals surface area contributed by atoms with E-state index in [4.69, 9.17) is 10.5 Å². The molecule has 1 aliphatic heterocycles. The van der Waals surface area contributed by atoms with Crippen molar-refractivity contribution in [3.8, 4) is 5.75 Å². The van der Waals surface area contributed by atoms with Crippen LogP contribution < -0.4 is 15.8 Å². The number of carbonyl (C=O) groups is 1. The van der Waals surface area contributed by atoms with Crippen LogP contribution in [0.15, 0.2) is 48.5 Å². The first-order valence-electron chi connectivity index (χ1n) is 9.32. The Kier molecular flexibility index (Phi) is 7.98. The topological polar surface area (TPSA) is 67.6 Å². The van der Waals surface area contributed by atoms with E-state index in [-0.39, 0.29) is 36.8 Å². The van der Waals surface area contributed by atoms with Crippen molar-refractivity contribution in [1.29, 1.82) is 0 Å². The second-order valence-corrected chi connectivity index (χ2v) is 7.30. The van der Waals surface area contributed by atoms with Gasteiger partial charge in [0.2, 0.25) is 0 Å². The van der Waals surface area contributed by atoms with E-state index in [1.54, 1.807) is 24.3 Å². The van der Waals surface area contributed by atoms with Crippen molar-refractivity contribution in [1.82, 2.24) is 4.90 Å². The van der Waals surface area contributed by atoms with Gasteiger partial charge in [-0.25, -0.2) is 0 Å². The third kappa shape index (κ3) is 5.77. The lowest BCUT2D eigenvalue weighted by atomic mass is 10.2. The molecule has 7 heteroatoms. The van der Waals surface area contributed by atoms with Crippen LogP contribution in [0.3, 0.4) is 0 Å². The quantitative estimate of drug-likeness (QED) is 0.682. The highest BCUT2D eigenvalue weighted by Gasteiger charge is 2.29. The van der Waals surface area contributed by atoms with Gasteiger partial charge in [-0.1, -0.05) is 12.1 Å². The molecule has 3 N–H and O–H groups in total. The van der Waals surface area contributed by atoms with Crippen molar-refractivity contribution >= 4 is 42.1 Å². The molecular formula is C21H27Cl2N3O2. The standard InChI is InChI=1S/C21H25N3O2.2ClH/c22-19-3-1-2-4-20(19)23-21(25)16-7-9-17(10-8-16)26-18-11-12-24(14-18)13-15-5-6-15;;/h1-4,7-10,15,18H,5-6,11-14,22H2,(H,23,25);2*1H. The molecule has 2 aromatic carbocycles. The molecule has 5 nitrogen and oxygen atoms in total. The predicted molar refractivity (Wildman–Crippen MR) is 118 cm³/mol. The van der Waals surface area contributed by atoms with Gasteiger partial charge < -0.3 is 15.8 Å². The van der Waals surface area contributed by atoms with Crippen molar-refractivity contribution in [3.05, 3.63) is 54.1 Å². The van der Waals surface area contributed by atoms with E-state index in [9.17, 15) is 4.79 Å². The number of nitrogen functional groups attached to an aromatic ring is 1. The number of para-hydroxylation sites is 2. The highest BCUT2D eigenvalue weighted by atomic mass is 35.5. The van der Waals surface area contributed by atoms with Crippen molar-refractivity contribution in [2.75, 3.05) is 30.7 Å². The zero-order chi connectivity index (χ0) is 17.9. The Balaban J connectivity index is 0.00000140. The average Bonchev–Trinajstić information content (AvgIpc) is 3.35. The molecule has 28 heavy (non-hydrogen) atoms. The lowest BCUT2D eigenvalue weighted by Crippen LogP contribution is -2.26. The van der Waals surface area contributed by atoms with Gasteiger partial charge >= 0.3 is 0 Å². The Morgan fingerprint density at radius 2 is 1.79 bits per heavy atom. The summed E-state index contributed by atoms with van der Waals surface area (Å²) >= 11 is 0. The number of halogens is 2. The molecule has 2 fully saturated rings. The van der Waals surface area contributed by atoms with E-state index in [2.05, 4.69) is 10.2 Å². The molecule has 1 aliphatic carbocycles. The molecular weight excluding hydrogens is 397 g/mol. The Bertz CT molecular complexity index is 781. The summed E-state index contributed by atoms with van der Waals surface area (Å²) in [5.74, 6) is 1.56. The first kappa shape index (κ1) is 22.3. The number of amides is 1. The molecule has 2 aromatic rings. The fourth-order valence-electron chi connectivity index (χ4n) is 3.41. The number of rotatable bonds is 6. The third-order valence-electron chi connectivity index (χ3n) is 5.07. The van der Waals surface area contributed by atoms with E-state index < -0.39 is 0 Å². The molecule has 0 spiro atoms. The summed E-state index contributed by atoms with van der Waals surface area (Å²) in [5, 5.41) is 2.84. The Labute approximate surface area is 178 Å². The summed E-state index contributed by atoms with van der Waals surface area (Å²) in [7, 11) is 0. The normalized spacial score (nSPS) is 18.6. The van der Waals surface area contributed by atoms with Gasteiger partial charge in [0.05, 0.1) is 11.4 Å². The zero-order valence-corrected chi connectivity index (χ0v) is 17.3. The smallest absolute Gasteiger partial charge is 0.255 e. The predicted octanol–water partition coefficient (Wildman–Crippen LogP) is 4.23. The summed E-state index contributed by atoms with van der Waals surface area (Å²) < 4.78 is 6.09. The van der Waals surface area contributed by atoms with Crippen LogP contribution in [0.25, 0.3) is 0 Å². The van der Waals surface area contributed by atoms with Crippen LogP contribution >= 0.6 is 24.8 Å². The summed E-state index contributed by atoms with van der Waals surface area (Å²) in [5.41, 5.74) is 7.63. The maximum atomic E-state index is 12.4. The van der Waals surface area contributed by atoms with Crippen molar-refractivity contribution in [3.63, 3.8) is 0 Å². The van der Waals surface area contributed by atoms with Crippen molar-refractivity contribution in [2.45, 2.75) is 25.4 Å². The first-order valence-corrected chi connectivity index (χ1v) is 9.32. The van der Waals surface area contributed by atoms with Gasteiger partial charge in [-0.3, -0.25) is 9.69 Å². The van der Waals surface area contributed by atoms with E-state index in [1.165, 1.54) is 19.4 Å². The number of benzene rings is 2. The van der Waals surface area contributed by atoms with E-state index in [0.29, 0.717) is 16.9 Å². The van der Waals surface area contributed by atoms with Crippen LogP contribution in [0.5, 0.6) is 5.75 Å². The summed E-state index contributed by atoms with van der Waals surface area (Å²) in [6, 6.07) is 14.6. The van der Waals surface area contributed by atoms with Crippen molar-refractivity contribution in [2.24, 2.45) is 5.92 Å². The van der Waals surface area contributed by atoms with Gasteiger partial charge in [-0.15, -0.1) is 24.8 Å². The average molecular weight is 424 g/mol. The number of carbonyl (C=O) groups excluding carboxylic acids is 1. The molecule has 0 aromatic heterocycles. The molecule has 2 aliphatic rings. The lowest BCUT2D eigenvalue weighted by molar-refractivity contribution is 0.102. The SMILES string of the molecule is Cl.Cl.Nc1ccccc1NC(=O)c1ccc(OC2CCN(CC3CC3)C2)cc1. The minimum Gasteiger partial charge on any atom is -0.489 e. The lowest BCUT2D eigenvalue weighted by Gasteiger charge is -2.16. The minimum absolute atomic E-state index is 0. The molecule has 1 saturated carbocycles. The Morgan fingerprint density at radius 3 is 2.46 bits per heavy atom. The van der Waals surface area contributed by atoms with Gasteiger partial charge in [0, 0.05) is 25.2 Å². The highest BCUT2D eigenvalue weighted by Crippen LogP contribution is 2.31. The van der Waals surface area contributed by atoms with E-state index in [0.717, 1.165) is 31.2 Å². The number of nitrogens with zero attached hydrogens (tertiary/aromatic N) is 1. The van der Waals surface area contributed by atoms with Gasteiger partial charge in [-0.05, 0) is 61.6 Å². The van der Waals surface area contributed by atoms with Crippen LogP contribution in [0.2, 0.25) is 0 Å².